The van der Waals surface area contributed by atoms with Crippen LogP contribution in [0.5, 0.6) is 23.0 Å². The Morgan fingerprint density at radius 3 is 1.21 bits per heavy atom. The van der Waals surface area contributed by atoms with Gasteiger partial charge in [-0.25, -0.2) is 23.6 Å². The van der Waals surface area contributed by atoms with Crippen LogP contribution < -0.4 is 42.1 Å². The summed E-state index contributed by atoms with van der Waals surface area (Å²) in [6.07, 6.45) is 0. The normalized spacial score (nSPS) is 11.3. The Kier molecular flexibility index (Phi) is 25.7. The van der Waals surface area contributed by atoms with Crippen molar-refractivity contribution in [3.63, 3.8) is 0 Å². The molecule has 0 radical (unpaired) electrons. The third-order valence-electron chi connectivity index (χ3n) is 21.4. The van der Waals surface area contributed by atoms with Crippen molar-refractivity contribution in [2.45, 2.75) is 27.7 Å². The highest BCUT2D eigenvalue weighted by Crippen LogP contribution is 2.55. The molecule has 24 nitrogen and oxygen atoms in total. The maximum atomic E-state index is 15.4. The van der Waals surface area contributed by atoms with Gasteiger partial charge in [0.05, 0.1) is 62.4 Å². The summed E-state index contributed by atoms with van der Waals surface area (Å²) in [6.45, 7) is 5.14. The van der Waals surface area contributed by atoms with Gasteiger partial charge < -0.3 is 58.5 Å². The van der Waals surface area contributed by atoms with Crippen molar-refractivity contribution in [1.29, 1.82) is 0 Å². The Bertz CT molecular complexity index is 8350. The molecular formula is C98H47Cl10FO24-4. The molecule has 8 aliphatic rings. The lowest BCUT2D eigenvalue weighted by Crippen LogP contribution is -2.09. The van der Waals surface area contributed by atoms with E-state index < -0.39 is 86.3 Å². The fraction of sp³-hybridized carbons (Fsp3) is 0.0408. The second kappa shape index (κ2) is 36.5. The molecule has 664 valence electrons. The largest absolute Gasteiger partial charge is 0.872 e. The molecular weight excluding hydrogens is 1930 g/mol. The monoisotopic (exact) mass is 1980 g/mol. The first kappa shape index (κ1) is 93.5. The van der Waals surface area contributed by atoms with Crippen LogP contribution in [0.2, 0.25) is 50.2 Å². The van der Waals surface area contributed by atoms with E-state index in [2.05, 4.69) is 0 Å². The van der Waals surface area contributed by atoms with Crippen molar-refractivity contribution in [2.24, 2.45) is 0 Å². The molecule has 133 heavy (non-hydrogen) atoms. The minimum atomic E-state index is -1.48. The summed E-state index contributed by atoms with van der Waals surface area (Å²) in [6, 6.07) is 43.4. The number of hydrogen-bond donors (Lipinski definition) is 4. The van der Waals surface area contributed by atoms with E-state index in [1.165, 1.54) is 131 Å². The van der Waals surface area contributed by atoms with Gasteiger partial charge in [0.2, 0.25) is 10.9 Å². The second-order valence-corrected chi connectivity index (χ2v) is 33.5. The Labute approximate surface area is 794 Å². The summed E-state index contributed by atoms with van der Waals surface area (Å²) in [5.74, 6) is -10.5. The number of benzene rings is 14. The summed E-state index contributed by atoms with van der Waals surface area (Å²) in [7, 11) is 0. The topological polar surface area (TPSA) is 431 Å². The number of rotatable bonds is 13. The zero-order chi connectivity index (χ0) is 96.1. The van der Waals surface area contributed by atoms with Crippen LogP contribution in [0.1, 0.15) is 111 Å². The Morgan fingerprint density at radius 2 is 0.744 bits per heavy atom. The smallest absolute Gasteiger partial charge is 0.337 e. The molecule has 4 aliphatic carbocycles. The van der Waals surface area contributed by atoms with E-state index in [-0.39, 0.29) is 217 Å². The van der Waals surface area contributed by atoms with Crippen molar-refractivity contribution in [1.82, 2.24) is 0 Å². The van der Waals surface area contributed by atoms with Crippen LogP contribution in [0, 0.1) is 5.82 Å². The molecule has 0 saturated carbocycles. The van der Waals surface area contributed by atoms with E-state index in [4.69, 9.17) is 134 Å². The van der Waals surface area contributed by atoms with E-state index >= 15 is 4.39 Å². The summed E-state index contributed by atoms with van der Waals surface area (Å²) in [5.41, 5.74) is -0.286. The lowest BCUT2D eigenvalue weighted by atomic mass is 9.87. The lowest BCUT2D eigenvalue weighted by Gasteiger charge is -2.23. The molecule has 0 fully saturated rings. The van der Waals surface area contributed by atoms with Crippen LogP contribution >= 0.6 is 116 Å². The third kappa shape index (κ3) is 17.1. The van der Waals surface area contributed by atoms with Gasteiger partial charge in [0.1, 0.15) is 39.8 Å². The van der Waals surface area contributed by atoms with Gasteiger partial charge in [-0.05, 0) is 141 Å². The molecule has 0 bridgehead atoms. The number of Topliss-reactive ketones (excluding diaryl/α,β-unsaturated/α-hetero) is 4. The number of ketones is 4. The highest BCUT2D eigenvalue weighted by Gasteiger charge is 2.36. The van der Waals surface area contributed by atoms with Crippen molar-refractivity contribution in [3.8, 4) is 124 Å². The highest BCUT2D eigenvalue weighted by molar-refractivity contribution is 6.45. The molecule has 4 heterocycles. The van der Waals surface area contributed by atoms with Gasteiger partial charge in [-0.2, -0.15) is 0 Å². The van der Waals surface area contributed by atoms with Crippen LogP contribution in [0.3, 0.4) is 0 Å². The summed E-state index contributed by atoms with van der Waals surface area (Å²) < 4.78 is 38.5. The quantitative estimate of drug-likeness (QED) is 0.0473. The van der Waals surface area contributed by atoms with Gasteiger partial charge in [-0.3, -0.25) is 38.4 Å². The van der Waals surface area contributed by atoms with Crippen LogP contribution in [0.25, 0.3) is 156 Å². The first-order chi connectivity index (χ1) is 63.0. The van der Waals surface area contributed by atoms with E-state index in [9.17, 15) is 98.4 Å². The first-order valence-electron chi connectivity index (χ1n) is 38.3. The number of carboxylic acid groups (broad SMARTS) is 4. The minimum absolute atomic E-state index is 0.00352. The summed E-state index contributed by atoms with van der Waals surface area (Å²) in [4.78, 5) is 147. The molecule has 0 atom stereocenters. The number of hydrogen-bond acceptors (Lipinski definition) is 20. The van der Waals surface area contributed by atoms with Crippen LogP contribution in [0.4, 0.5) is 4.39 Å². The zero-order valence-electron chi connectivity index (χ0n) is 67.5. The van der Waals surface area contributed by atoms with Crippen molar-refractivity contribution in [3.05, 3.63) is 330 Å². The second-order valence-electron chi connectivity index (χ2n) is 29.6. The molecule has 4 aliphatic heterocycles. The molecule has 0 saturated heterocycles. The summed E-state index contributed by atoms with van der Waals surface area (Å²) >= 11 is 63.2. The fourth-order valence-electron chi connectivity index (χ4n) is 15.5. The Balaban J connectivity index is 0.000000136. The van der Waals surface area contributed by atoms with Crippen LogP contribution in [-0.2, 0) is 0 Å². The number of carbonyl (C=O) groups is 8. The fourth-order valence-corrected chi connectivity index (χ4v) is 18.1. The van der Waals surface area contributed by atoms with Gasteiger partial charge in [0.15, 0.2) is 45.4 Å². The predicted octanol–water partition coefficient (Wildman–Crippen LogP) is 23.7. The molecule has 0 unspecified atom stereocenters. The molecule has 0 spiro atoms. The van der Waals surface area contributed by atoms with Crippen molar-refractivity contribution < 1.29 is 101 Å². The number of aromatic carboxylic acids is 4. The maximum absolute atomic E-state index is 15.4. The molecule has 35 heteroatoms. The first-order valence-corrected chi connectivity index (χ1v) is 42.1. The number of halogens is 11. The standard InChI is InChI=1S/C28H15Cl3O6.C26H12Cl3FO6.C22H10Cl4O6.C22H14O6/c1-12(32)14-8-19(30)25(28(35)36)26(27(14)31)24-16-7-15(13-5-3-2-4-6-13)20(33)10-22(16)37-23-11-21(34)18(29)9-17(23)24;1-9(31)12-6-15(28)20(26(34)35)21(22(12)29)18-13-7-14(27)16(32)8-17(13)36-25-19(18)10-4-2-3-5-11(10)24(33)23(25)30;1-7(27)8-2-13(25)19(22(30)31)20(21(8)26)18-9-3-11(23)14(28)5-16(9)32-17-6-15(29)12(24)4-10(17)18;1-11(23)12-2-5-15(22(26)27)18(8-12)21-16-6-3-13(24)9-19(16)28-20-10-14(25)4-7-17(20)21/h2-11,34H,1H3,(H,35,36);2-8,33H,1H3,(H,34,35);2-6,28H,1H3,(H,30,31);2-10,24H,1H3,(H,26,27)/p-4. The molecule has 0 aromatic heterocycles. The molecule has 10 aromatic carbocycles. The van der Waals surface area contributed by atoms with Crippen molar-refractivity contribution >= 4 is 218 Å². The van der Waals surface area contributed by atoms with E-state index in [1.54, 1.807) is 54.6 Å². The van der Waals surface area contributed by atoms with Gasteiger partial charge in [0.25, 0.3) is 0 Å². The highest BCUT2D eigenvalue weighted by atomic mass is 35.5. The number of carbonyl (C=O) groups excluding carboxylic acids is 4. The summed E-state index contributed by atoms with van der Waals surface area (Å²) in [5, 5.41) is 87.9. The Morgan fingerprint density at radius 1 is 0.316 bits per heavy atom. The molecule has 0 amide bonds. The van der Waals surface area contributed by atoms with Crippen LogP contribution in [0.15, 0.2) is 225 Å². The SMILES string of the molecule is CC(=O)c1cc(Cl)c(C(=O)O)c(-c2c3cc(-c4ccccc4)c(=O)cc-3oc3cc([O-])c(Cl)cc23)c1Cl.CC(=O)c1cc(Cl)c(C(=O)O)c(-c2c3cc(Cl)c(=O)cc-3oc3c(F)c([O-])c4ccccc4c23)c1Cl.CC(=O)c1cc(Cl)c(C(=O)O)c(-c2c3cc(Cl)c(=O)cc-3oc3cc([O-])c(Cl)cc23)c1Cl.CC(=O)c1ccc(C(=O)O)c(-c2c3ccc(=O)cc-3oc3cc([O-])ccc23)c1. The van der Waals surface area contributed by atoms with Gasteiger partial charge in [0, 0.05) is 145 Å². The van der Waals surface area contributed by atoms with Gasteiger partial charge in [-0.15, -0.1) is 5.75 Å². The molecule has 10 aromatic rings. The molecule has 4 N–H and O–H groups in total. The lowest BCUT2D eigenvalue weighted by molar-refractivity contribution is -0.270. The number of carboxylic acids is 4. The average Bonchev–Trinajstić information content (AvgIpc) is 0.716. The van der Waals surface area contributed by atoms with Crippen LogP contribution in [-0.4, -0.2) is 67.4 Å². The Hall–Kier alpha value is -14.2. The minimum Gasteiger partial charge on any atom is -0.872 e. The molecule has 18 rings (SSSR count). The van der Waals surface area contributed by atoms with E-state index in [1.807, 2.05) is 0 Å². The third-order valence-corrected chi connectivity index (χ3v) is 24.6. The van der Waals surface area contributed by atoms with E-state index in [0.29, 0.717) is 44.3 Å². The van der Waals surface area contributed by atoms with Gasteiger partial charge >= 0.3 is 23.9 Å². The predicted molar refractivity (Wildman–Crippen MR) is 497 cm³/mol. The van der Waals surface area contributed by atoms with E-state index in [0.717, 1.165) is 30.3 Å². The average molecular weight is 1980 g/mol. The zero-order valence-corrected chi connectivity index (χ0v) is 75.1. The van der Waals surface area contributed by atoms with Crippen molar-refractivity contribution in [2.75, 3.05) is 0 Å². The maximum Gasteiger partial charge on any atom is 0.337 e. The van der Waals surface area contributed by atoms with Gasteiger partial charge in [-0.1, -0.05) is 206 Å². The number of fused-ring (bicyclic) bond motifs is 10.